The van der Waals surface area contributed by atoms with E-state index in [2.05, 4.69) is 4.98 Å². The lowest BCUT2D eigenvalue weighted by Gasteiger charge is -2.25. The molecule has 0 saturated carbocycles. The summed E-state index contributed by atoms with van der Waals surface area (Å²) in [6.45, 7) is 0.601. The largest absolute Gasteiger partial charge is 0.335 e. The highest BCUT2D eigenvalue weighted by atomic mass is 19.2. The summed E-state index contributed by atoms with van der Waals surface area (Å²) in [4.78, 5) is 18.3. The van der Waals surface area contributed by atoms with Crippen LogP contribution in [0, 0.1) is 11.6 Å². The van der Waals surface area contributed by atoms with E-state index in [0.29, 0.717) is 31.5 Å². The van der Waals surface area contributed by atoms with Crippen LogP contribution >= 0.6 is 0 Å². The number of rotatable bonds is 3. The van der Waals surface area contributed by atoms with E-state index in [1.54, 1.807) is 23.2 Å². The van der Waals surface area contributed by atoms with Crippen LogP contribution in [0.5, 0.6) is 0 Å². The minimum Gasteiger partial charge on any atom is -0.335 e. The summed E-state index contributed by atoms with van der Waals surface area (Å²) in [5.41, 5.74) is 6.98. The van der Waals surface area contributed by atoms with Crippen molar-refractivity contribution in [1.29, 1.82) is 0 Å². The monoisotopic (exact) mass is 331 g/mol. The summed E-state index contributed by atoms with van der Waals surface area (Å²) in [6.07, 6.45) is 2.63. The van der Waals surface area contributed by atoms with Gasteiger partial charge in [-0.1, -0.05) is 18.2 Å². The zero-order valence-electron chi connectivity index (χ0n) is 13.2. The smallest absolute Gasteiger partial charge is 0.239 e. The molecule has 1 fully saturated rings. The maximum Gasteiger partial charge on any atom is 0.239 e. The predicted octanol–water partition coefficient (Wildman–Crippen LogP) is 2.59. The number of hydrogen-bond acceptors (Lipinski definition) is 3. The molecule has 0 unspecified atom stereocenters. The van der Waals surface area contributed by atoms with Gasteiger partial charge in [-0.3, -0.25) is 9.78 Å². The third kappa shape index (κ3) is 3.43. The summed E-state index contributed by atoms with van der Waals surface area (Å²) in [5.74, 6) is -2.19. The quantitative estimate of drug-likeness (QED) is 0.940. The number of aromatic nitrogens is 1. The number of nitrogens with zero attached hydrogens (tertiary/aromatic N) is 2. The standard InChI is InChI=1S/C18H19F2N3O/c19-15-6-3-5-14(17(15)20)12-7-8-16(21)18(24)23(10-12)11-13-4-1-2-9-22-13/h1-6,9,12,16H,7-8,10-11,21H2/t12-,16-/m1/s1. The molecule has 6 heteroatoms. The minimum atomic E-state index is -0.872. The molecule has 1 aromatic carbocycles. The summed E-state index contributed by atoms with van der Waals surface area (Å²) in [6, 6.07) is 8.99. The average Bonchev–Trinajstić information content (AvgIpc) is 2.72. The summed E-state index contributed by atoms with van der Waals surface area (Å²) >= 11 is 0. The predicted molar refractivity (Wildman–Crippen MR) is 86.0 cm³/mol. The summed E-state index contributed by atoms with van der Waals surface area (Å²) < 4.78 is 27.7. The SMILES string of the molecule is N[C@@H]1CC[C@@H](c2cccc(F)c2F)CN(Cc2ccccn2)C1=O. The van der Waals surface area contributed by atoms with Gasteiger partial charge in [0.05, 0.1) is 18.3 Å². The Kier molecular flexibility index (Phi) is 4.85. The molecule has 0 bridgehead atoms. The molecule has 2 aromatic rings. The third-order valence-electron chi connectivity index (χ3n) is 4.40. The lowest BCUT2D eigenvalue weighted by molar-refractivity contribution is -0.132. The Morgan fingerprint density at radius 3 is 2.75 bits per heavy atom. The number of nitrogens with two attached hydrogens (primary N) is 1. The van der Waals surface area contributed by atoms with Crippen LogP contribution < -0.4 is 5.73 Å². The molecule has 4 nitrogen and oxygen atoms in total. The van der Waals surface area contributed by atoms with E-state index in [-0.39, 0.29) is 11.8 Å². The molecular weight excluding hydrogens is 312 g/mol. The second-order valence-electron chi connectivity index (χ2n) is 6.06. The Morgan fingerprint density at radius 2 is 2.00 bits per heavy atom. The van der Waals surface area contributed by atoms with Crippen molar-refractivity contribution in [2.75, 3.05) is 6.54 Å². The van der Waals surface area contributed by atoms with Crippen LogP contribution in [0.4, 0.5) is 8.78 Å². The van der Waals surface area contributed by atoms with Gasteiger partial charge in [0.1, 0.15) is 0 Å². The van der Waals surface area contributed by atoms with Gasteiger partial charge >= 0.3 is 0 Å². The van der Waals surface area contributed by atoms with E-state index in [1.807, 2.05) is 12.1 Å². The minimum absolute atomic E-state index is 0.181. The number of hydrogen-bond donors (Lipinski definition) is 1. The molecule has 1 aliphatic heterocycles. The van der Waals surface area contributed by atoms with Crippen LogP contribution in [0.1, 0.15) is 30.0 Å². The molecule has 1 aliphatic rings. The number of carbonyl (C=O) groups is 1. The van der Waals surface area contributed by atoms with Gasteiger partial charge in [-0.15, -0.1) is 0 Å². The molecule has 0 aliphatic carbocycles. The molecule has 2 N–H and O–H groups in total. The van der Waals surface area contributed by atoms with Crippen molar-refractivity contribution in [3.63, 3.8) is 0 Å². The molecule has 24 heavy (non-hydrogen) atoms. The second kappa shape index (κ2) is 7.05. The van der Waals surface area contributed by atoms with E-state index in [4.69, 9.17) is 5.73 Å². The van der Waals surface area contributed by atoms with E-state index in [1.165, 1.54) is 6.07 Å². The van der Waals surface area contributed by atoms with Crippen molar-refractivity contribution in [2.45, 2.75) is 31.3 Å². The molecule has 2 atom stereocenters. The highest BCUT2D eigenvalue weighted by molar-refractivity contribution is 5.82. The van der Waals surface area contributed by atoms with Crippen LogP contribution in [0.15, 0.2) is 42.6 Å². The fourth-order valence-corrected chi connectivity index (χ4v) is 3.11. The normalized spacial score (nSPS) is 21.6. The van der Waals surface area contributed by atoms with E-state index < -0.39 is 17.7 Å². The van der Waals surface area contributed by atoms with Gasteiger partial charge in [-0.25, -0.2) is 8.78 Å². The van der Waals surface area contributed by atoms with Crippen LogP contribution in [-0.2, 0) is 11.3 Å². The number of pyridine rings is 1. The lowest BCUT2D eigenvalue weighted by atomic mass is 9.93. The molecule has 126 valence electrons. The first-order chi connectivity index (χ1) is 11.6. The van der Waals surface area contributed by atoms with Crippen LogP contribution in [-0.4, -0.2) is 28.4 Å². The topological polar surface area (TPSA) is 59.2 Å². The molecule has 0 radical (unpaired) electrons. The van der Waals surface area contributed by atoms with Crippen molar-refractivity contribution in [2.24, 2.45) is 5.73 Å². The molecular formula is C18H19F2N3O. The van der Waals surface area contributed by atoms with E-state index in [0.717, 1.165) is 11.8 Å². The molecule has 2 heterocycles. The first kappa shape index (κ1) is 16.5. The van der Waals surface area contributed by atoms with Crippen LogP contribution in [0.25, 0.3) is 0 Å². The molecule has 1 amide bonds. The number of benzene rings is 1. The van der Waals surface area contributed by atoms with Crippen LogP contribution in [0.2, 0.25) is 0 Å². The van der Waals surface area contributed by atoms with Crippen LogP contribution in [0.3, 0.4) is 0 Å². The molecule has 3 rings (SSSR count). The number of carbonyl (C=O) groups excluding carboxylic acids is 1. The highest BCUT2D eigenvalue weighted by Crippen LogP contribution is 2.30. The van der Waals surface area contributed by atoms with Gasteiger partial charge in [0.25, 0.3) is 0 Å². The van der Waals surface area contributed by atoms with Gasteiger partial charge in [0.2, 0.25) is 5.91 Å². The fraction of sp³-hybridized carbons (Fsp3) is 0.333. The zero-order chi connectivity index (χ0) is 17.1. The highest BCUT2D eigenvalue weighted by Gasteiger charge is 2.31. The Balaban J connectivity index is 1.87. The summed E-state index contributed by atoms with van der Waals surface area (Å²) in [5, 5.41) is 0. The van der Waals surface area contributed by atoms with E-state index in [9.17, 15) is 13.6 Å². The zero-order valence-corrected chi connectivity index (χ0v) is 13.2. The summed E-state index contributed by atoms with van der Waals surface area (Å²) in [7, 11) is 0. The first-order valence-electron chi connectivity index (χ1n) is 7.94. The fourth-order valence-electron chi connectivity index (χ4n) is 3.11. The number of halogens is 2. The van der Waals surface area contributed by atoms with Gasteiger partial charge < -0.3 is 10.6 Å². The van der Waals surface area contributed by atoms with E-state index >= 15 is 0 Å². The van der Waals surface area contributed by atoms with Gasteiger partial charge in [0.15, 0.2) is 11.6 Å². The number of amides is 1. The molecule has 1 saturated heterocycles. The molecule has 0 spiro atoms. The lowest BCUT2D eigenvalue weighted by Crippen LogP contribution is -2.42. The third-order valence-corrected chi connectivity index (χ3v) is 4.40. The maximum atomic E-state index is 14.1. The van der Waals surface area contributed by atoms with Crippen molar-refractivity contribution in [3.05, 3.63) is 65.5 Å². The van der Waals surface area contributed by atoms with Crippen molar-refractivity contribution in [3.8, 4) is 0 Å². The second-order valence-corrected chi connectivity index (χ2v) is 6.06. The molecule has 1 aromatic heterocycles. The Hall–Kier alpha value is -2.34. The van der Waals surface area contributed by atoms with Crippen molar-refractivity contribution >= 4 is 5.91 Å². The van der Waals surface area contributed by atoms with Crippen molar-refractivity contribution in [1.82, 2.24) is 9.88 Å². The average molecular weight is 331 g/mol. The maximum absolute atomic E-state index is 14.1. The van der Waals surface area contributed by atoms with Crippen molar-refractivity contribution < 1.29 is 13.6 Å². The van der Waals surface area contributed by atoms with Gasteiger partial charge in [-0.05, 0) is 36.6 Å². The van der Waals surface area contributed by atoms with Gasteiger partial charge in [0, 0.05) is 18.7 Å². The van der Waals surface area contributed by atoms with Gasteiger partial charge in [-0.2, -0.15) is 0 Å². The first-order valence-corrected chi connectivity index (χ1v) is 7.94. The Labute approximate surface area is 139 Å². The number of likely N-dealkylation sites (tertiary alicyclic amines) is 1. The Bertz CT molecular complexity index is 723. The Morgan fingerprint density at radius 1 is 1.17 bits per heavy atom.